The summed E-state index contributed by atoms with van der Waals surface area (Å²) in [6.45, 7) is 2.03. The second kappa shape index (κ2) is 5.23. The first-order valence-electron chi connectivity index (χ1n) is 5.42. The highest BCUT2D eigenvalue weighted by Crippen LogP contribution is 2.20. The Balaban J connectivity index is 2.16. The molecule has 0 aliphatic carbocycles. The van der Waals surface area contributed by atoms with E-state index in [1.165, 1.54) is 10.4 Å². The molecule has 0 saturated heterocycles. The first-order valence-corrected chi connectivity index (χ1v) is 6.30. The van der Waals surface area contributed by atoms with Gasteiger partial charge in [-0.1, -0.05) is 6.07 Å². The first kappa shape index (κ1) is 11.3. The van der Waals surface area contributed by atoms with Crippen LogP contribution in [0.1, 0.15) is 22.2 Å². The van der Waals surface area contributed by atoms with Crippen LogP contribution in [0.3, 0.4) is 0 Å². The topological polar surface area (TPSA) is 24.9 Å². The van der Waals surface area contributed by atoms with Gasteiger partial charge in [0.25, 0.3) is 0 Å². The van der Waals surface area contributed by atoms with Crippen molar-refractivity contribution in [2.24, 2.45) is 0 Å². The van der Waals surface area contributed by atoms with Gasteiger partial charge in [-0.05, 0) is 43.1 Å². The standard InChI is InChI=1S/C13H16N2S/c1-10-8-11(5-6-15-10)13(14-2)9-12-4-3-7-16-12/h3-8,13-14H,9H2,1-2H3. The van der Waals surface area contributed by atoms with E-state index in [9.17, 15) is 0 Å². The van der Waals surface area contributed by atoms with Crippen LogP contribution in [-0.4, -0.2) is 12.0 Å². The predicted octanol–water partition coefficient (Wildman–Crippen LogP) is 2.95. The van der Waals surface area contributed by atoms with Crippen molar-refractivity contribution in [1.82, 2.24) is 10.3 Å². The summed E-state index contributed by atoms with van der Waals surface area (Å²) in [6, 6.07) is 8.89. The summed E-state index contributed by atoms with van der Waals surface area (Å²) >= 11 is 1.81. The first-order chi connectivity index (χ1) is 7.79. The fraction of sp³-hybridized carbons (Fsp3) is 0.308. The molecule has 0 saturated carbocycles. The number of nitrogens with zero attached hydrogens (tertiary/aromatic N) is 1. The number of hydrogen-bond acceptors (Lipinski definition) is 3. The second-order valence-corrected chi connectivity index (χ2v) is 4.89. The third-order valence-corrected chi connectivity index (χ3v) is 3.56. The molecule has 2 aromatic heterocycles. The summed E-state index contributed by atoms with van der Waals surface area (Å²) in [5.74, 6) is 0. The van der Waals surface area contributed by atoms with Crippen LogP contribution in [0.5, 0.6) is 0 Å². The highest BCUT2D eigenvalue weighted by Gasteiger charge is 2.10. The minimum atomic E-state index is 0.375. The Kier molecular flexibility index (Phi) is 3.70. The lowest BCUT2D eigenvalue weighted by Crippen LogP contribution is -2.18. The highest BCUT2D eigenvalue weighted by molar-refractivity contribution is 7.09. The molecule has 0 aliphatic heterocycles. The summed E-state index contributed by atoms with van der Waals surface area (Å²) < 4.78 is 0. The third kappa shape index (κ3) is 2.68. The van der Waals surface area contributed by atoms with E-state index in [0.29, 0.717) is 6.04 Å². The Labute approximate surface area is 100 Å². The monoisotopic (exact) mass is 232 g/mol. The Morgan fingerprint density at radius 3 is 2.94 bits per heavy atom. The van der Waals surface area contributed by atoms with Gasteiger partial charge < -0.3 is 5.32 Å². The number of hydrogen-bond donors (Lipinski definition) is 1. The number of thiophene rings is 1. The van der Waals surface area contributed by atoms with Crippen molar-refractivity contribution in [2.45, 2.75) is 19.4 Å². The van der Waals surface area contributed by atoms with Crippen LogP contribution < -0.4 is 5.32 Å². The Morgan fingerprint density at radius 2 is 2.31 bits per heavy atom. The number of pyridine rings is 1. The average molecular weight is 232 g/mol. The van der Waals surface area contributed by atoms with E-state index in [1.807, 2.05) is 31.5 Å². The molecule has 16 heavy (non-hydrogen) atoms. The van der Waals surface area contributed by atoms with Gasteiger partial charge in [0.05, 0.1) is 0 Å². The molecule has 3 heteroatoms. The van der Waals surface area contributed by atoms with Crippen LogP contribution in [0.25, 0.3) is 0 Å². The number of likely N-dealkylation sites (N-methyl/N-ethyl adjacent to an activating group) is 1. The summed E-state index contributed by atoms with van der Waals surface area (Å²) in [5.41, 5.74) is 2.38. The van der Waals surface area contributed by atoms with Gasteiger partial charge in [0.2, 0.25) is 0 Å². The molecule has 0 aliphatic rings. The van der Waals surface area contributed by atoms with Crippen molar-refractivity contribution in [3.63, 3.8) is 0 Å². The van der Waals surface area contributed by atoms with Crippen molar-refractivity contribution in [1.29, 1.82) is 0 Å². The molecule has 2 aromatic rings. The molecule has 2 nitrogen and oxygen atoms in total. The lowest BCUT2D eigenvalue weighted by Gasteiger charge is -2.15. The molecule has 0 spiro atoms. The molecule has 84 valence electrons. The molecular formula is C13H16N2S. The molecule has 1 N–H and O–H groups in total. The van der Waals surface area contributed by atoms with Crippen LogP contribution in [0.2, 0.25) is 0 Å². The SMILES string of the molecule is CNC(Cc1cccs1)c1ccnc(C)c1. The second-order valence-electron chi connectivity index (χ2n) is 3.86. The molecular weight excluding hydrogens is 216 g/mol. The molecule has 2 rings (SSSR count). The average Bonchev–Trinajstić information content (AvgIpc) is 2.78. The molecule has 0 aromatic carbocycles. The van der Waals surface area contributed by atoms with Gasteiger partial charge in [-0.2, -0.15) is 0 Å². The molecule has 0 radical (unpaired) electrons. The van der Waals surface area contributed by atoms with E-state index in [4.69, 9.17) is 0 Å². The number of aromatic nitrogens is 1. The Bertz CT molecular complexity index is 437. The van der Waals surface area contributed by atoms with Gasteiger partial charge in [-0.15, -0.1) is 11.3 Å². The summed E-state index contributed by atoms with van der Waals surface area (Å²) in [7, 11) is 2.01. The number of aryl methyl sites for hydroxylation is 1. The summed E-state index contributed by atoms with van der Waals surface area (Å²) in [6.07, 6.45) is 2.92. The Morgan fingerprint density at radius 1 is 1.44 bits per heavy atom. The van der Waals surface area contributed by atoms with Crippen LogP contribution >= 0.6 is 11.3 Å². The minimum absolute atomic E-state index is 0.375. The smallest absolute Gasteiger partial charge is 0.0375 e. The van der Waals surface area contributed by atoms with Crippen LogP contribution in [0, 0.1) is 6.92 Å². The van der Waals surface area contributed by atoms with Gasteiger partial charge in [0.1, 0.15) is 0 Å². The zero-order valence-corrected chi connectivity index (χ0v) is 10.4. The molecule has 2 heterocycles. The third-order valence-electron chi connectivity index (χ3n) is 2.66. The van der Waals surface area contributed by atoms with Gasteiger partial charge >= 0.3 is 0 Å². The van der Waals surface area contributed by atoms with Crippen molar-refractivity contribution in [3.05, 3.63) is 52.0 Å². The molecule has 0 amide bonds. The minimum Gasteiger partial charge on any atom is -0.313 e. The summed E-state index contributed by atoms with van der Waals surface area (Å²) in [4.78, 5) is 5.64. The van der Waals surface area contributed by atoms with Crippen LogP contribution in [0.15, 0.2) is 35.8 Å². The van der Waals surface area contributed by atoms with Crippen molar-refractivity contribution in [2.75, 3.05) is 7.05 Å². The maximum atomic E-state index is 4.23. The lowest BCUT2D eigenvalue weighted by atomic mass is 10.0. The zero-order valence-electron chi connectivity index (χ0n) is 9.60. The van der Waals surface area contributed by atoms with Crippen molar-refractivity contribution in [3.8, 4) is 0 Å². The fourth-order valence-electron chi connectivity index (χ4n) is 1.80. The molecule has 0 bridgehead atoms. The summed E-state index contributed by atoms with van der Waals surface area (Å²) in [5, 5.41) is 5.49. The van der Waals surface area contributed by atoms with Crippen molar-refractivity contribution >= 4 is 11.3 Å². The molecule has 1 unspecified atom stereocenters. The van der Waals surface area contributed by atoms with Gasteiger partial charge in [0, 0.05) is 29.2 Å². The quantitative estimate of drug-likeness (QED) is 0.876. The van der Waals surface area contributed by atoms with Crippen LogP contribution in [0.4, 0.5) is 0 Å². The normalized spacial score (nSPS) is 12.6. The largest absolute Gasteiger partial charge is 0.313 e. The van der Waals surface area contributed by atoms with E-state index in [1.54, 1.807) is 0 Å². The van der Waals surface area contributed by atoms with E-state index in [2.05, 4.69) is 39.9 Å². The van der Waals surface area contributed by atoms with E-state index < -0.39 is 0 Å². The molecule has 1 atom stereocenters. The maximum Gasteiger partial charge on any atom is 0.0375 e. The van der Waals surface area contributed by atoms with E-state index in [-0.39, 0.29) is 0 Å². The van der Waals surface area contributed by atoms with Gasteiger partial charge in [-0.25, -0.2) is 0 Å². The maximum absolute atomic E-state index is 4.23. The predicted molar refractivity (Wildman–Crippen MR) is 68.8 cm³/mol. The number of nitrogens with one attached hydrogen (secondary N) is 1. The fourth-order valence-corrected chi connectivity index (χ4v) is 2.55. The van der Waals surface area contributed by atoms with E-state index >= 15 is 0 Å². The zero-order chi connectivity index (χ0) is 11.4. The van der Waals surface area contributed by atoms with Gasteiger partial charge in [0.15, 0.2) is 0 Å². The lowest BCUT2D eigenvalue weighted by molar-refractivity contribution is 0.595. The number of rotatable bonds is 4. The van der Waals surface area contributed by atoms with Crippen molar-refractivity contribution < 1.29 is 0 Å². The van der Waals surface area contributed by atoms with Crippen LogP contribution in [-0.2, 0) is 6.42 Å². The van der Waals surface area contributed by atoms with Gasteiger partial charge in [-0.3, -0.25) is 4.98 Å². The highest BCUT2D eigenvalue weighted by atomic mass is 32.1. The Hall–Kier alpha value is -1.19. The van der Waals surface area contributed by atoms with E-state index in [0.717, 1.165) is 12.1 Å². The molecule has 0 fully saturated rings.